The van der Waals surface area contributed by atoms with E-state index in [1.54, 1.807) is 19.1 Å². The summed E-state index contributed by atoms with van der Waals surface area (Å²) in [5.41, 5.74) is 1.94. The van der Waals surface area contributed by atoms with Crippen molar-refractivity contribution < 1.29 is 35.5 Å². The third kappa shape index (κ3) is 6.05. The summed E-state index contributed by atoms with van der Waals surface area (Å²) in [5.74, 6) is -0.899. The van der Waals surface area contributed by atoms with Crippen molar-refractivity contribution in [2.24, 2.45) is 5.92 Å². The van der Waals surface area contributed by atoms with Gasteiger partial charge in [0.2, 0.25) is 0 Å². The van der Waals surface area contributed by atoms with Gasteiger partial charge in [-0.05, 0) is 78.7 Å². The van der Waals surface area contributed by atoms with Gasteiger partial charge in [0, 0.05) is 0 Å². The van der Waals surface area contributed by atoms with Gasteiger partial charge in [0.1, 0.15) is 11.6 Å². The topological polar surface area (TPSA) is 9.23 Å². The van der Waals surface area contributed by atoms with Gasteiger partial charge in [0.05, 0.1) is 0 Å². The maximum Gasteiger partial charge on any atom is 0.439 e. The average Bonchev–Trinajstić information content (AvgIpc) is 2.78. The molecule has 0 heterocycles. The van der Waals surface area contributed by atoms with Crippen LogP contribution in [0.3, 0.4) is 0 Å². The number of hydrogen-bond donors (Lipinski definition) is 0. The fraction of sp³-hybridized carbons (Fsp3) is 0.538. The van der Waals surface area contributed by atoms with E-state index in [9.17, 15) is 30.7 Å². The minimum Gasteiger partial charge on any atom is -0.430 e. The summed E-state index contributed by atoms with van der Waals surface area (Å²) in [4.78, 5) is 0. The molecular formula is C26H29F7O. The molecule has 188 valence electrons. The average molecular weight is 491 g/mol. The molecule has 2 aromatic carbocycles. The first kappa shape index (κ1) is 26.4. The molecule has 1 nitrogen and oxygen atoms in total. The fourth-order valence-corrected chi connectivity index (χ4v) is 4.87. The molecule has 0 N–H and O–H groups in total. The fourth-order valence-electron chi connectivity index (χ4n) is 4.87. The van der Waals surface area contributed by atoms with Gasteiger partial charge in [-0.1, -0.05) is 50.6 Å². The molecule has 0 bridgehead atoms. The molecule has 2 atom stereocenters. The van der Waals surface area contributed by atoms with Crippen molar-refractivity contribution in [3.8, 4) is 5.75 Å². The van der Waals surface area contributed by atoms with Crippen LogP contribution in [0.5, 0.6) is 5.75 Å². The zero-order valence-electron chi connectivity index (χ0n) is 19.1. The Bertz CT molecular complexity index is 948. The molecule has 2 unspecified atom stereocenters. The minimum atomic E-state index is -5.74. The zero-order valence-corrected chi connectivity index (χ0v) is 19.1. The number of alkyl halides is 6. The number of benzene rings is 2. The van der Waals surface area contributed by atoms with Gasteiger partial charge in [-0.2, -0.15) is 22.0 Å². The third-order valence-electron chi connectivity index (χ3n) is 6.76. The predicted molar refractivity (Wildman–Crippen MR) is 116 cm³/mol. The maximum atomic E-state index is 14.6. The van der Waals surface area contributed by atoms with E-state index in [4.69, 9.17) is 0 Å². The number of hydrogen-bond acceptors (Lipinski definition) is 1. The Morgan fingerprint density at radius 3 is 2.21 bits per heavy atom. The van der Waals surface area contributed by atoms with E-state index in [1.165, 1.54) is 12.1 Å². The highest BCUT2D eigenvalue weighted by atomic mass is 19.4. The Labute approximate surface area is 195 Å². The van der Waals surface area contributed by atoms with Crippen molar-refractivity contribution in [3.63, 3.8) is 0 Å². The summed E-state index contributed by atoms with van der Waals surface area (Å²) in [6.07, 6.45) is -10.7. The Morgan fingerprint density at radius 2 is 1.62 bits per heavy atom. The Balaban J connectivity index is 1.70. The van der Waals surface area contributed by atoms with Gasteiger partial charge in [0.25, 0.3) is 6.17 Å². The van der Waals surface area contributed by atoms with Gasteiger partial charge >= 0.3 is 12.3 Å². The molecule has 2 aromatic rings. The van der Waals surface area contributed by atoms with Gasteiger partial charge < -0.3 is 4.74 Å². The normalized spacial score (nSPS) is 21.2. The molecule has 1 aliphatic rings. The van der Waals surface area contributed by atoms with E-state index < -0.39 is 24.2 Å². The predicted octanol–water partition coefficient (Wildman–Crippen LogP) is 8.73. The Morgan fingerprint density at radius 1 is 0.971 bits per heavy atom. The van der Waals surface area contributed by atoms with Crippen LogP contribution in [0.1, 0.15) is 74.5 Å². The molecule has 1 aliphatic carbocycles. The lowest BCUT2D eigenvalue weighted by Gasteiger charge is -2.34. The molecule has 34 heavy (non-hydrogen) atoms. The van der Waals surface area contributed by atoms with E-state index in [0.29, 0.717) is 36.8 Å². The maximum absolute atomic E-state index is 14.6. The van der Waals surface area contributed by atoms with Crippen molar-refractivity contribution in [2.45, 2.75) is 82.7 Å². The van der Waals surface area contributed by atoms with E-state index in [1.807, 2.05) is 19.1 Å². The summed E-state index contributed by atoms with van der Waals surface area (Å²) in [6, 6.07) is 10.9. The molecule has 0 spiro atoms. The van der Waals surface area contributed by atoms with Crippen LogP contribution < -0.4 is 4.74 Å². The van der Waals surface area contributed by atoms with Crippen molar-refractivity contribution in [2.75, 3.05) is 0 Å². The Hall–Kier alpha value is -2.25. The third-order valence-corrected chi connectivity index (χ3v) is 6.76. The number of halogens is 7. The lowest BCUT2D eigenvalue weighted by molar-refractivity contribution is -0.305. The van der Waals surface area contributed by atoms with Crippen LogP contribution in [-0.2, 0) is 6.42 Å². The largest absolute Gasteiger partial charge is 0.439 e. The summed E-state index contributed by atoms with van der Waals surface area (Å²) in [7, 11) is 0. The molecule has 0 radical (unpaired) electrons. The standard InChI is InChI=1S/C26H29F7O/c1-3-6-17-9-14-21(22(27)15-17)19-12-10-18(11-13-19)16(2)20-7-4-5-8-23(20)34-26(32,33)24(28)25(29,30)31/h4-5,7-9,14-16,18-19,24H,3,6,10-13H2,1-2H3. The van der Waals surface area contributed by atoms with E-state index in [2.05, 4.69) is 4.74 Å². The van der Waals surface area contributed by atoms with E-state index in [0.717, 1.165) is 24.5 Å². The highest BCUT2D eigenvalue weighted by Crippen LogP contribution is 2.45. The van der Waals surface area contributed by atoms with Gasteiger partial charge in [-0.25, -0.2) is 8.78 Å². The number of aryl methyl sites for hydroxylation is 1. The molecular weight excluding hydrogens is 461 g/mol. The Kier molecular flexibility index (Phi) is 8.19. The highest BCUT2D eigenvalue weighted by Gasteiger charge is 2.59. The number of rotatable bonds is 8. The van der Waals surface area contributed by atoms with Crippen molar-refractivity contribution in [3.05, 3.63) is 65.0 Å². The van der Waals surface area contributed by atoms with Crippen molar-refractivity contribution >= 4 is 0 Å². The van der Waals surface area contributed by atoms with Crippen LogP contribution in [0.4, 0.5) is 30.7 Å². The summed E-state index contributed by atoms with van der Waals surface area (Å²) in [6.45, 7) is 3.83. The first-order valence-electron chi connectivity index (χ1n) is 11.6. The van der Waals surface area contributed by atoms with Gasteiger partial charge in [0.15, 0.2) is 0 Å². The summed E-state index contributed by atoms with van der Waals surface area (Å²) < 4.78 is 97.5. The van der Waals surface area contributed by atoms with Crippen LogP contribution in [-0.4, -0.2) is 18.5 Å². The molecule has 1 fully saturated rings. The summed E-state index contributed by atoms with van der Waals surface area (Å²) in [5, 5.41) is 0. The first-order chi connectivity index (χ1) is 15.9. The summed E-state index contributed by atoms with van der Waals surface area (Å²) >= 11 is 0. The van der Waals surface area contributed by atoms with Crippen LogP contribution in [0, 0.1) is 11.7 Å². The molecule has 3 rings (SSSR count). The smallest absolute Gasteiger partial charge is 0.430 e. The SMILES string of the molecule is CCCc1ccc(C2CCC(C(C)c3ccccc3OC(F)(F)C(F)C(F)(F)F)CC2)c(F)c1. The van der Waals surface area contributed by atoms with Crippen LogP contribution in [0.25, 0.3) is 0 Å². The van der Waals surface area contributed by atoms with Crippen molar-refractivity contribution in [1.29, 1.82) is 0 Å². The van der Waals surface area contributed by atoms with Gasteiger partial charge in [-0.3, -0.25) is 0 Å². The highest BCUT2D eigenvalue weighted by molar-refractivity contribution is 5.37. The molecule has 0 saturated heterocycles. The van der Waals surface area contributed by atoms with E-state index in [-0.39, 0.29) is 23.6 Å². The first-order valence-corrected chi connectivity index (χ1v) is 11.6. The lowest BCUT2D eigenvalue weighted by Crippen LogP contribution is -2.45. The zero-order chi connectivity index (χ0) is 25.1. The monoisotopic (exact) mass is 490 g/mol. The lowest BCUT2D eigenvalue weighted by atomic mass is 9.72. The molecule has 8 heteroatoms. The second-order valence-electron chi connectivity index (χ2n) is 9.11. The molecule has 0 aromatic heterocycles. The minimum absolute atomic E-state index is 0.0424. The van der Waals surface area contributed by atoms with Crippen molar-refractivity contribution in [1.82, 2.24) is 0 Å². The van der Waals surface area contributed by atoms with E-state index >= 15 is 0 Å². The van der Waals surface area contributed by atoms with Crippen LogP contribution in [0.2, 0.25) is 0 Å². The van der Waals surface area contributed by atoms with Gasteiger partial charge in [-0.15, -0.1) is 0 Å². The van der Waals surface area contributed by atoms with Crippen LogP contribution >= 0.6 is 0 Å². The number of ether oxygens (including phenoxy) is 1. The van der Waals surface area contributed by atoms with Crippen LogP contribution in [0.15, 0.2) is 42.5 Å². The quantitative estimate of drug-likeness (QED) is 0.336. The molecule has 0 amide bonds. The molecule has 1 saturated carbocycles. The second kappa shape index (κ2) is 10.6. The molecule has 0 aliphatic heterocycles. The second-order valence-corrected chi connectivity index (χ2v) is 9.11. The number of para-hydroxylation sites is 1.